The highest BCUT2D eigenvalue weighted by Crippen LogP contribution is 2.37. The van der Waals surface area contributed by atoms with Gasteiger partial charge in [0.05, 0.1) is 31.6 Å². The van der Waals surface area contributed by atoms with Gasteiger partial charge in [-0.25, -0.2) is 0 Å². The summed E-state index contributed by atoms with van der Waals surface area (Å²) >= 11 is 0. The van der Waals surface area contributed by atoms with Crippen molar-refractivity contribution < 1.29 is 24.0 Å². The lowest BCUT2D eigenvalue weighted by molar-refractivity contribution is -0.384. The van der Waals surface area contributed by atoms with Gasteiger partial charge in [0.25, 0.3) is 11.6 Å². The van der Waals surface area contributed by atoms with Crippen LogP contribution in [0.3, 0.4) is 0 Å². The number of nitrogens with zero attached hydrogens (tertiary/aromatic N) is 2. The zero-order valence-corrected chi connectivity index (χ0v) is 18.7. The van der Waals surface area contributed by atoms with Crippen molar-refractivity contribution in [3.05, 3.63) is 93.5 Å². The number of amides is 2. The third-order valence-corrected chi connectivity index (χ3v) is 5.76. The fraction of sp³-hybridized carbons (Fsp3) is 0.200. The SMILES string of the molecule is COc1ccc([C@@H](CC(=O)Nc2ccc([N+](=O)[O-])cc2)N2Cc3ccccc3C2=O)cc1OC. The van der Waals surface area contributed by atoms with Crippen molar-refractivity contribution in [2.75, 3.05) is 19.5 Å². The first-order chi connectivity index (χ1) is 16.4. The number of nitro benzene ring substituents is 1. The molecule has 0 radical (unpaired) electrons. The maximum atomic E-state index is 13.2. The van der Waals surface area contributed by atoms with Gasteiger partial charge in [-0.2, -0.15) is 0 Å². The van der Waals surface area contributed by atoms with Crippen LogP contribution in [-0.4, -0.2) is 35.9 Å². The van der Waals surface area contributed by atoms with Crippen molar-refractivity contribution in [1.82, 2.24) is 4.90 Å². The molecule has 0 fully saturated rings. The molecule has 1 N–H and O–H groups in total. The zero-order valence-electron chi connectivity index (χ0n) is 18.7. The molecule has 0 bridgehead atoms. The molecule has 0 aromatic heterocycles. The van der Waals surface area contributed by atoms with Gasteiger partial charge in [-0.3, -0.25) is 19.7 Å². The predicted octanol–water partition coefficient (Wildman–Crippen LogP) is 4.34. The van der Waals surface area contributed by atoms with Gasteiger partial charge in [-0.05, 0) is 41.5 Å². The third kappa shape index (κ3) is 4.54. The number of carbonyl (C=O) groups excluding carboxylic acids is 2. The summed E-state index contributed by atoms with van der Waals surface area (Å²) in [5.74, 6) is 0.539. The smallest absolute Gasteiger partial charge is 0.269 e. The minimum atomic E-state index is -0.572. The number of carbonyl (C=O) groups is 2. The van der Waals surface area contributed by atoms with Crippen LogP contribution in [0.1, 0.15) is 33.9 Å². The lowest BCUT2D eigenvalue weighted by atomic mass is 10.0. The van der Waals surface area contributed by atoms with Crippen LogP contribution in [0.5, 0.6) is 11.5 Å². The van der Waals surface area contributed by atoms with Gasteiger partial charge in [0.1, 0.15) is 0 Å². The molecule has 1 aliphatic heterocycles. The first-order valence-corrected chi connectivity index (χ1v) is 10.6. The second-order valence-corrected chi connectivity index (χ2v) is 7.78. The lowest BCUT2D eigenvalue weighted by Crippen LogP contribution is -2.32. The standard InChI is InChI=1S/C25H23N3O6/c1-33-22-12-7-16(13-23(22)34-2)21(27-15-17-5-3-4-6-20(17)25(27)30)14-24(29)26-18-8-10-19(11-9-18)28(31)32/h3-13,21H,14-15H2,1-2H3,(H,26,29)/t21-/m1/s1. The Morgan fingerprint density at radius 2 is 1.76 bits per heavy atom. The van der Waals surface area contributed by atoms with Crippen LogP contribution in [0.2, 0.25) is 0 Å². The van der Waals surface area contributed by atoms with E-state index in [4.69, 9.17) is 9.47 Å². The Labute approximate surface area is 196 Å². The largest absolute Gasteiger partial charge is 0.493 e. The first-order valence-electron chi connectivity index (χ1n) is 10.6. The summed E-state index contributed by atoms with van der Waals surface area (Å²) in [6.07, 6.45) is -0.0216. The van der Waals surface area contributed by atoms with Crippen molar-refractivity contribution >= 4 is 23.2 Å². The Bertz CT molecular complexity index is 1240. The Hall–Kier alpha value is -4.40. The molecule has 1 heterocycles. The molecule has 0 unspecified atom stereocenters. The molecule has 9 nitrogen and oxygen atoms in total. The Morgan fingerprint density at radius 3 is 2.41 bits per heavy atom. The van der Waals surface area contributed by atoms with Crippen molar-refractivity contribution in [3.63, 3.8) is 0 Å². The van der Waals surface area contributed by atoms with Gasteiger partial charge >= 0.3 is 0 Å². The average molecular weight is 461 g/mol. The van der Waals surface area contributed by atoms with Gasteiger partial charge in [-0.15, -0.1) is 0 Å². The summed E-state index contributed by atoms with van der Waals surface area (Å²) < 4.78 is 10.7. The third-order valence-electron chi connectivity index (χ3n) is 5.76. The highest BCUT2D eigenvalue weighted by molar-refractivity contribution is 5.99. The molecule has 34 heavy (non-hydrogen) atoms. The maximum Gasteiger partial charge on any atom is 0.269 e. The normalized spacial score (nSPS) is 13.2. The van der Waals surface area contributed by atoms with Gasteiger partial charge in [0, 0.05) is 29.9 Å². The lowest BCUT2D eigenvalue weighted by Gasteiger charge is -2.28. The number of ether oxygens (including phenoxy) is 2. The van der Waals surface area contributed by atoms with Crippen LogP contribution >= 0.6 is 0 Å². The van der Waals surface area contributed by atoms with Crippen molar-refractivity contribution in [2.24, 2.45) is 0 Å². The van der Waals surface area contributed by atoms with E-state index in [-0.39, 0.29) is 23.9 Å². The molecule has 0 saturated heterocycles. The fourth-order valence-electron chi connectivity index (χ4n) is 4.05. The van der Waals surface area contributed by atoms with E-state index >= 15 is 0 Å². The number of hydrogen-bond donors (Lipinski definition) is 1. The molecule has 0 spiro atoms. The second-order valence-electron chi connectivity index (χ2n) is 7.78. The molecular formula is C25H23N3O6. The van der Waals surface area contributed by atoms with Crippen LogP contribution in [0.25, 0.3) is 0 Å². The Balaban J connectivity index is 1.62. The molecular weight excluding hydrogens is 438 g/mol. The van der Waals surface area contributed by atoms with E-state index in [0.29, 0.717) is 29.3 Å². The van der Waals surface area contributed by atoms with Gasteiger partial charge in [0.15, 0.2) is 11.5 Å². The van der Waals surface area contributed by atoms with E-state index in [9.17, 15) is 19.7 Å². The summed E-state index contributed by atoms with van der Waals surface area (Å²) in [7, 11) is 3.06. The number of non-ortho nitro benzene ring substituents is 1. The van der Waals surface area contributed by atoms with Gasteiger partial charge < -0.3 is 19.7 Å². The van der Waals surface area contributed by atoms with E-state index < -0.39 is 11.0 Å². The molecule has 1 atom stereocenters. The molecule has 9 heteroatoms. The predicted molar refractivity (Wildman–Crippen MR) is 125 cm³/mol. The Morgan fingerprint density at radius 1 is 1.06 bits per heavy atom. The van der Waals surface area contributed by atoms with Crippen molar-refractivity contribution in [3.8, 4) is 11.5 Å². The molecule has 1 aliphatic rings. The van der Waals surface area contributed by atoms with Crippen LogP contribution < -0.4 is 14.8 Å². The minimum Gasteiger partial charge on any atom is -0.493 e. The highest BCUT2D eigenvalue weighted by Gasteiger charge is 2.35. The molecule has 0 saturated carbocycles. The van der Waals surface area contributed by atoms with Crippen LogP contribution in [0.15, 0.2) is 66.7 Å². The summed E-state index contributed by atoms with van der Waals surface area (Å²) in [6, 6.07) is 17.7. The quantitative estimate of drug-likeness (QED) is 0.395. The van der Waals surface area contributed by atoms with Crippen molar-refractivity contribution in [1.29, 1.82) is 0 Å². The second kappa shape index (κ2) is 9.62. The summed E-state index contributed by atoms with van der Waals surface area (Å²) in [5.41, 5.74) is 2.59. The van der Waals surface area contributed by atoms with E-state index in [1.807, 2.05) is 18.2 Å². The zero-order chi connectivity index (χ0) is 24.2. The molecule has 0 aliphatic carbocycles. The number of benzene rings is 3. The van der Waals surface area contributed by atoms with E-state index in [2.05, 4.69) is 5.32 Å². The molecule has 174 valence electrons. The Kier molecular flexibility index (Phi) is 6.44. The summed E-state index contributed by atoms with van der Waals surface area (Å²) in [4.78, 5) is 38.2. The number of rotatable bonds is 8. The van der Waals surface area contributed by atoms with Gasteiger partial charge in [0.2, 0.25) is 5.91 Å². The topological polar surface area (TPSA) is 111 Å². The number of methoxy groups -OCH3 is 2. The van der Waals surface area contributed by atoms with Crippen LogP contribution in [0.4, 0.5) is 11.4 Å². The first kappa shape index (κ1) is 22.8. The van der Waals surface area contributed by atoms with Crippen LogP contribution in [-0.2, 0) is 11.3 Å². The molecule has 4 rings (SSSR count). The number of nitrogens with one attached hydrogen (secondary N) is 1. The number of nitro groups is 1. The minimum absolute atomic E-state index is 0.0216. The number of anilines is 1. The fourth-order valence-corrected chi connectivity index (χ4v) is 4.05. The van der Waals surface area contributed by atoms with E-state index in [1.54, 1.807) is 29.2 Å². The van der Waals surface area contributed by atoms with E-state index in [1.165, 1.54) is 38.5 Å². The monoisotopic (exact) mass is 461 g/mol. The van der Waals surface area contributed by atoms with Crippen LogP contribution in [0, 0.1) is 10.1 Å². The summed E-state index contributed by atoms with van der Waals surface area (Å²) in [5, 5.41) is 13.6. The molecule has 2 amide bonds. The average Bonchev–Trinajstić information content (AvgIpc) is 3.18. The van der Waals surface area contributed by atoms with Crippen molar-refractivity contribution in [2.45, 2.75) is 19.0 Å². The highest BCUT2D eigenvalue weighted by atomic mass is 16.6. The molecule has 3 aromatic carbocycles. The summed E-state index contributed by atoms with van der Waals surface area (Å²) in [6.45, 7) is 0.374. The number of hydrogen-bond acceptors (Lipinski definition) is 6. The van der Waals surface area contributed by atoms with Gasteiger partial charge in [-0.1, -0.05) is 24.3 Å². The molecule has 3 aromatic rings. The maximum absolute atomic E-state index is 13.2. The number of fused-ring (bicyclic) bond motifs is 1. The van der Waals surface area contributed by atoms with E-state index in [0.717, 1.165) is 11.1 Å².